The third-order valence-electron chi connectivity index (χ3n) is 3.91. The van der Waals surface area contributed by atoms with Crippen LogP contribution >= 0.6 is 11.3 Å². The van der Waals surface area contributed by atoms with E-state index in [0.29, 0.717) is 0 Å². The monoisotopic (exact) mass is 280 g/mol. The van der Waals surface area contributed by atoms with E-state index >= 15 is 0 Å². The summed E-state index contributed by atoms with van der Waals surface area (Å²) in [4.78, 5) is 4.83. The van der Waals surface area contributed by atoms with Crippen molar-refractivity contribution in [3.63, 3.8) is 0 Å². The second-order valence-electron chi connectivity index (χ2n) is 5.36. The smallest absolute Gasteiger partial charge is 0.124 e. The first kappa shape index (κ1) is 12.1. The molecule has 2 heterocycles. The molecule has 0 unspecified atom stereocenters. The molecule has 0 saturated heterocycles. The number of hydrogen-bond donors (Lipinski definition) is 1. The summed E-state index contributed by atoms with van der Waals surface area (Å²) in [6.07, 6.45) is 1.10. The first-order valence-electron chi connectivity index (χ1n) is 7.00. The van der Waals surface area contributed by atoms with Gasteiger partial charge in [0.2, 0.25) is 0 Å². The second-order valence-corrected chi connectivity index (χ2v) is 6.39. The lowest BCUT2D eigenvalue weighted by molar-refractivity contribution is 0.645. The van der Waals surface area contributed by atoms with Crippen molar-refractivity contribution in [2.45, 2.75) is 19.9 Å². The number of thiazole rings is 1. The molecule has 20 heavy (non-hydrogen) atoms. The molecule has 0 bridgehead atoms. The van der Waals surface area contributed by atoms with Crippen molar-refractivity contribution in [1.29, 1.82) is 0 Å². The van der Waals surface area contributed by atoms with Crippen molar-refractivity contribution in [3.8, 4) is 10.6 Å². The van der Waals surface area contributed by atoms with Gasteiger partial charge in [-0.15, -0.1) is 11.3 Å². The Kier molecular flexibility index (Phi) is 2.83. The van der Waals surface area contributed by atoms with Crippen LogP contribution in [0.5, 0.6) is 0 Å². The lowest BCUT2D eigenvalue weighted by atomic mass is 9.96. The van der Waals surface area contributed by atoms with Crippen LogP contribution < -0.4 is 5.32 Å². The molecule has 0 atom stereocenters. The molecule has 2 nitrogen and oxygen atoms in total. The fourth-order valence-corrected chi connectivity index (χ4v) is 4.00. The second kappa shape index (κ2) is 4.69. The number of nitrogens with zero attached hydrogens (tertiary/aromatic N) is 1. The van der Waals surface area contributed by atoms with E-state index in [-0.39, 0.29) is 0 Å². The molecular weight excluding hydrogens is 264 g/mol. The van der Waals surface area contributed by atoms with Gasteiger partial charge < -0.3 is 5.32 Å². The van der Waals surface area contributed by atoms with Crippen LogP contribution in [0.25, 0.3) is 20.8 Å². The van der Waals surface area contributed by atoms with Crippen molar-refractivity contribution in [1.82, 2.24) is 10.3 Å². The summed E-state index contributed by atoms with van der Waals surface area (Å²) >= 11 is 1.81. The zero-order valence-corrected chi connectivity index (χ0v) is 12.3. The van der Waals surface area contributed by atoms with Gasteiger partial charge in [0.05, 0.1) is 10.2 Å². The van der Waals surface area contributed by atoms with Crippen LogP contribution in [0.3, 0.4) is 0 Å². The molecule has 100 valence electrons. The summed E-state index contributed by atoms with van der Waals surface area (Å²) in [6, 6.07) is 13.1. The van der Waals surface area contributed by atoms with E-state index in [2.05, 4.69) is 48.6 Å². The molecule has 0 fully saturated rings. The average molecular weight is 280 g/mol. The summed E-state index contributed by atoms with van der Waals surface area (Å²) < 4.78 is 1.28. The molecule has 0 spiro atoms. The number of fused-ring (bicyclic) bond motifs is 2. The quantitative estimate of drug-likeness (QED) is 0.731. The van der Waals surface area contributed by atoms with Crippen molar-refractivity contribution in [3.05, 3.63) is 53.1 Å². The van der Waals surface area contributed by atoms with E-state index in [1.165, 1.54) is 27.0 Å². The van der Waals surface area contributed by atoms with Crippen LogP contribution in [0.4, 0.5) is 0 Å². The maximum atomic E-state index is 4.83. The van der Waals surface area contributed by atoms with Crippen LogP contribution in [0.1, 0.15) is 16.7 Å². The fourth-order valence-electron chi connectivity index (χ4n) is 2.88. The summed E-state index contributed by atoms with van der Waals surface area (Å²) in [5, 5.41) is 4.59. The maximum absolute atomic E-state index is 4.83. The Balaban J connectivity index is 1.90. The van der Waals surface area contributed by atoms with E-state index in [9.17, 15) is 0 Å². The average Bonchev–Trinajstić information content (AvgIpc) is 2.89. The third kappa shape index (κ3) is 1.94. The first-order chi connectivity index (χ1) is 9.81. The fraction of sp³-hybridized carbons (Fsp3) is 0.235. The lowest BCUT2D eigenvalue weighted by Crippen LogP contribution is -2.23. The highest BCUT2D eigenvalue weighted by molar-refractivity contribution is 7.21. The Labute approximate surface area is 122 Å². The predicted molar refractivity (Wildman–Crippen MR) is 85.2 cm³/mol. The minimum Gasteiger partial charge on any atom is -0.312 e. The van der Waals surface area contributed by atoms with Gasteiger partial charge in [-0.05, 0) is 48.7 Å². The highest BCUT2D eigenvalue weighted by Gasteiger charge is 2.16. The number of aryl methyl sites for hydroxylation is 1. The Bertz CT molecular complexity index is 789. The SMILES string of the molecule is Cc1ccc2nc(-c3cccc4c3CCNC4)sc2c1. The van der Waals surface area contributed by atoms with E-state index in [1.54, 1.807) is 11.3 Å². The summed E-state index contributed by atoms with van der Waals surface area (Å²) in [5.41, 5.74) is 6.63. The van der Waals surface area contributed by atoms with Crippen LogP contribution in [0.2, 0.25) is 0 Å². The topological polar surface area (TPSA) is 24.9 Å². The Hall–Kier alpha value is -1.71. The molecule has 3 aromatic rings. The lowest BCUT2D eigenvalue weighted by Gasteiger charge is -2.19. The van der Waals surface area contributed by atoms with Gasteiger partial charge >= 0.3 is 0 Å². The summed E-state index contributed by atoms with van der Waals surface area (Å²) in [6.45, 7) is 4.18. The van der Waals surface area contributed by atoms with Gasteiger partial charge in [-0.25, -0.2) is 4.98 Å². The molecule has 4 rings (SSSR count). The van der Waals surface area contributed by atoms with E-state index < -0.39 is 0 Å². The number of benzene rings is 2. The van der Waals surface area contributed by atoms with Crippen LogP contribution in [-0.2, 0) is 13.0 Å². The van der Waals surface area contributed by atoms with Gasteiger partial charge in [0.15, 0.2) is 0 Å². The molecule has 1 N–H and O–H groups in total. The molecule has 0 saturated carbocycles. The summed E-state index contributed by atoms with van der Waals surface area (Å²) in [7, 11) is 0. The minimum atomic E-state index is 0.979. The minimum absolute atomic E-state index is 0.979. The van der Waals surface area contributed by atoms with Crippen molar-refractivity contribution < 1.29 is 0 Å². The Morgan fingerprint density at radius 1 is 1.20 bits per heavy atom. The molecule has 2 aromatic carbocycles. The molecule has 1 aliphatic rings. The summed E-state index contributed by atoms with van der Waals surface area (Å²) in [5.74, 6) is 0. The zero-order chi connectivity index (χ0) is 13.5. The largest absolute Gasteiger partial charge is 0.312 e. The van der Waals surface area contributed by atoms with Gasteiger partial charge in [-0.2, -0.15) is 0 Å². The Morgan fingerprint density at radius 2 is 2.15 bits per heavy atom. The highest BCUT2D eigenvalue weighted by atomic mass is 32.1. The standard InChI is InChI=1S/C17H16N2S/c1-11-5-6-15-16(9-11)20-17(19-15)14-4-2-3-12-10-18-8-7-13(12)14/h2-6,9,18H,7-8,10H2,1H3. The maximum Gasteiger partial charge on any atom is 0.124 e. The predicted octanol–water partition coefficient (Wildman–Crippen LogP) is 3.92. The van der Waals surface area contributed by atoms with Crippen molar-refractivity contribution in [2.75, 3.05) is 6.54 Å². The van der Waals surface area contributed by atoms with Gasteiger partial charge in [-0.1, -0.05) is 24.3 Å². The van der Waals surface area contributed by atoms with Gasteiger partial charge in [0.1, 0.15) is 5.01 Å². The van der Waals surface area contributed by atoms with Crippen LogP contribution in [-0.4, -0.2) is 11.5 Å². The number of nitrogens with one attached hydrogen (secondary N) is 1. The van der Waals surface area contributed by atoms with Crippen LogP contribution in [0, 0.1) is 6.92 Å². The number of rotatable bonds is 1. The zero-order valence-electron chi connectivity index (χ0n) is 11.4. The molecule has 0 amide bonds. The third-order valence-corrected chi connectivity index (χ3v) is 4.97. The molecule has 0 aliphatic carbocycles. The number of aromatic nitrogens is 1. The van der Waals surface area contributed by atoms with Gasteiger partial charge in [0, 0.05) is 12.1 Å². The first-order valence-corrected chi connectivity index (χ1v) is 7.82. The van der Waals surface area contributed by atoms with Gasteiger partial charge in [0.25, 0.3) is 0 Å². The molecule has 1 aliphatic heterocycles. The normalized spacial score (nSPS) is 14.4. The van der Waals surface area contributed by atoms with Crippen molar-refractivity contribution in [2.24, 2.45) is 0 Å². The molecular formula is C17H16N2S. The van der Waals surface area contributed by atoms with Crippen molar-refractivity contribution >= 4 is 21.6 Å². The Morgan fingerprint density at radius 3 is 3.10 bits per heavy atom. The van der Waals surface area contributed by atoms with Crippen LogP contribution in [0.15, 0.2) is 36.4 Å². The van der Waals surface area contributed by atoms with E-state index in [4.69, 9.17) is 4.98 Å². The molecule has 3 heteroatoms. The molecule has 1 aromatic heterocycles. The number of hydrogen-bond acceptors (Lipinski definition) is 3. The molecule has 0 radical (unpaired) electrons. The van der Waals surface area contributed by atoms with Gasteiger partial charge in [-0.3, -0.25) is 0 Å². The highest BCUT2D eigenvalue weighted by Crippen LogP contribution is 2.34. The van der Waals surface area contributed by atoms with E-state index in [1.807, 2.05) is 0 Å². The van der Waals surface area contributed by atoms with E-state index in [0.717, 1.165) is 30.0 Å².